The summed E-state index contributed by atoms with van der Waals surface area (Å²) < 4.78 is 16.1. The molecule has 8 heteroatoms. The number of rotatable bonds is 4. The lowest BCUT2D eigenvalue weighted by Gasteiger charge is -2.35. The maximum atomic E-state index is 12.3. The van der Waals surface area contributed by atoms with Crippen LogP contribution in [0.1, 0.15) is 26.7 Å². The van der Waals surface area contributed by atoms with E-state index < -0.39 is 48.2 Å². The second-order valence-corrected chi connectivity index (χ2v) is 7.06. The molecule has 1 fully saturated rings. The van der Waals surface area contributed by atoms with Crippen LogP contribution in [0.3, 0.4) is 0 Å². The number of aliphatic hydroxyl groups excluding tert-OH is 1. The van der Waals surface area contributed by atoms with Crippen molar-refractivity contribution in [1.82, 2.24) is 0 Å². The zero-order chi connectivity index (χ0) is 21.9. The molecule has 29 heavy (non-hydrogen) atoms. The van der Waals surface area contributed by atoms with E-state index in [-0.39, 0.29) is 16.7 Å². The van der Waals surface area contributed by atoms with Gasteiger partial charge < -0.3 is 19.3 Å². The van der Waals surface area contributed by atoms with Crippen molar-refractivity contribution in [2.45, 2.75) is 51.1 Å². The summed E-state index contributed by atoms with van der Waals surface area (Å²) in [7, 11) is 0. The van der Waals surface area contributed by atoms with Crippen LogP contribution in [0.25, 0.3) is 0 Å². The van der Waals surface area contributed by atoms with Crippen LogP contribution in [0.2, 0.25) is 0 Å². The van der Waals surface area contributed by atoms with Crippen LogP contribution in [0.15, 0.2) is 48.1 Å². The predicted molar refractivity (Wildman–Crippen MR) is 101 cm³/mol. The number of aldehydes is 1. The molecule has 0 spiro atoms. The summed E-state index contributed by atoms with van der Waals surface area (Å²) in [5, 5.41) is 10.7. The lowest BCUT2D eigenvalue weighted by Crippen LogP contribution is -2.48. The smallest absolute Gasteiger partial charge is 0.334 e. The number of carbonyl (C=O) groups is 4. The highest BCUT2D eigenvalue weighted by molar-refractivity contribution is 5.92. The van der Waals surface area contributed by atoms with Crippen LogP contribution >= 0.6 is 0 Å². The first-order chi connectivity index (χ1) is 13.6. The summed E-state index contributed by atoms with van der Waals surface area (Å²) in [5.74, 6) is -3.42. The summed E-state index contributed by atoms with van der Waals surface area (Å²) in [4.78, 5) is 48.0. The van der Waals surface area contributed by atoms with Gasteiger partial charge in [-0.1, -0.05) is 25.8 Å². The number of fused-ring (bicyclic) bond motifs is 1. The highest BCUT2D eigenvalue weighted by Gasteiger charge is 2.52. The van der Waals surface area contributed by atoms with Gasteiger partial charge in [-0.3, -0.25) is 9.59 Å². The zero-order valence-corrected chi connectivity index (χ0v) is 16.4. The van der Waals surface area contributed by atoms with E-state index in [0.29, 0.717) is 24.7 Å². The van der Waals surface area contributed by atoms with Crippen molar-refractivity contribution in [1.29, 1.82) is 0 Å². The topological polar surface area (TPSA) is 116 Å². The van der Waals surface area contributed by atoms with Crippen molar-refractivity contribution < 1.29 is 38.5 Å². The molecule has 1 saturated heterocycles. The predicted octanol–water partition coefficient (Wildman–Crippen LogP) is 1.34. The highest BCUT2D eigenvalue weighted by Crippen LogP contribution is 2.39. The zero-order valence-electron chi connectivity index (χ0n) is 16.4. The second-order valence-electron chi connectivity index (χ2n) is 7.06. The number of allylic oxidation sites excluding steroid dienone is 1. The van der Waals surface area contributed by atoms with Gasteiger partial charge in [0.05, 0.1) is 5.92 Å². The average molecular weight is 404 g/mol. The fourth-order valence-corrected chi connectivity index (χ4v) is 3.34. The molecule has 2 rings (SSSR count). The molecule has 156 valence electrons. The molecule has 0 radical (unpaired) electrons. The quantitative estimate of drug-likeness (QED) is 0.245. The molecule has 5 atom stereocenters. The van der Waals surface area contributed by atoms with E-state index in [4.69, 9.17) is 14.2 Å². The van der Waals surface area contributed by atoms with Crippen molar-refractivity contribution >= 4 is 24.2 Å². The van der Waals surface area contributed by atoms with E-state index in [1.54, 1.807) is 0 Å². The lowest BCUT2D eigenvalue weighted by atomic mass is 9.80. The first-order valence-corrected chi connectivity index (χ1v) is 9.02. The van der Waals surface area contributed by atoms with Crippen LogP contribution in [0, 0.1) is 5.92 Å². The van der Waals surface area contributed by atoms with E-state index in [9.17, 15) is 24.3 Å². The Balaban J connectivity index is 2.67. The van der Waals surface area contributed by atoms with Crippen molar-refractivity contribution in [2.24, 2.45) is 5.92 Å². The number of hydrogen-bond donors (Lipinski definition) is 1. The summed E-state index contributed by atoms with van der Waals surface area (Å²) in [5.41, 5.74) is 0.400. The molecule has 0 saturated carbocycles. The van der Waals surface area contributed by atoms with Crippen molar-refractivity contribution in [3.8, 4) is 0 Å². The summed E-state index contributed by atoms with van der Waals surface area (Å²) in [6, 6.07) is 0. The van der Waals surface area contributed by atoms with Gasteiger partial charge in [-0.05, 0) is 25.3 Å². The fourth-order valence-electron chi connectivity index (χ4n) is 3.34. The van der Waals surface area contributed by atoms with Crippen LogP contribution in [0.4, 0.5) is 0 Å². The monoisotopic (exact) mass is 404 g/mol. The molecule has 0 bridgehead atoms. The van der Waals surface area contributed by atoms with E-state index in [0.717, 1.165) is 6.92 Å². The highest BCUT2D eigenvalue weighted by atomic mass is 16.6. The Labute approximate surface area is 168 Å². The lowest BCUT2D eigenvalue weighted by molar-refractivity contribution is -0.168. The first kappa shape index (κ1) is 22.3. The van der Waals surface area contributed by atoms with Gasteiger partial charge in [-0.2, -0.15) is 0 Å². The molecule has 1 N–H and O–H groups in total. The largest absolute Gasteiger partial charge is 0.455 e. The maximum Gasteiger partial charge on any atom is 0.334 e. The second kappa shape index (κ2) is 9.00. The van der Waals surface area contributed by atoms with Gasteiger partial charge in [0.25, 0.3) is 0 Å². The third-order valence-electron chi connectivity index (χ3n) is 4.84. The Bertz CT molecular complexity index is 805. The molecule has 2 aliphatic rings. The van der Waals surface area contributed by atoms with Crippen molar-refractivity contribution in [3.63, 3.8) is 0 Å². The molecule has 0 unspecified atom stereocenters. The Morgan fingerprint density at radius 1 is 1.28 bits per heavy atom. The SMILES string of the molecule is C=C(C)C(=O)O[C@H]1[C@H]2C(=C)C(=O)O[C@@H]2[C@@H](O)C(=C)CC/C=C(\C=O)[C@@H]1OC(C)=O. The molecule has 0 amide bonds. The average Bonchev–Trinajstić information content (AvgIpc) is 2.94. The fraction of sp³-hybridized carbons (Fsp3) is 0.429. The Kier molecular flexibility index (Phi) is 6.92. The third-order valence-corrected chi connectivity index (χ3v) is 4.84. The molecular formula is C21H24O8. The summed E-state index contributed by atoms with van der Waals surface area (Å²) in [6.07, 6.45) is -2.52. The van der Waals surface area contributed by atoms with E-state index in [1.807, 2.05) is 0 Å². The van der Waals surface area contributed by atoms with Crippen LogP contribution in [0.5, 0.6) is 0 Å². The van der Waals surface area contributed by atoms with E-state index in [2.05, 4.69) is 19.7 Å². The molecule has 1 heterocycles. The molecule has 8 nitrogen and oxygen atoms in total. The summed E-state index contributed by atoms with van der Waals surface area (Å²) in [6.45, 7) is 13.6. The Morgan fingerprint density at radius 2 is 1.93 bits per heavy atom. The van der Waals surface area contributed by atoms with Gasteiger partial charge in [0.2, 0.25) is 0 Å². The standard InChI is InChI=1S/C21H24O8/c1-10(2)20(25)29-19-15-12(4)21(26)28-18(15)16(24)11(3)7-6-8-14(9-22)17(19)27-13(5)23/h8-9,15-19,24H,1,3-4,6-7H2,2,5H3/b14-8+/t15-,16-,17-,18-,19-/m0/s1. The van der Waals surface area contributed by atoms with Crippen LogP contribution in [-0.4, -0.2) is 53.7 Å². The minimum absolute atomic E-state index is 0.0507. The molecule has 1 aliphatic heterocycles. The maximum absolute atomic E-state index is 12.3. The van der Waals surface area contributed by atoms with Crippen molar-refractivity contribution in [3.05, 3.63) is 48.1 Å². The van der Waals surface area contributed by atoms with Gasteiger partial charge in [-0.15, -0.1) is 0 Å². The molecule has 1 aliphatic carbocycles. The number of ether oxygens (including phenoxy) is 3. The third kappa shape index (κ3) is 4.71. The Hall–Kier alpha value is -3.00. The van der Waals surface area contributed by atoms with Crippen LogP contribution < -0.4 is 0 Å². The molecule has 0 aromatic rings. The number of aliphatic hydroxyl groups is 1. The first-order valence-electron chi connectivity index (χ1n) is 9.02. The van der Waals surface area contributed by atoms with Gasteiger partial charge in [0.15, 0.2) is 12.2 Å². The Morgan fingerprint density at radius 3 is 2.48 bits per heavy atom. The molecule has 0 aromatic heterocycles. The number of carbonyl (C=O) groups excluding carboxylic acids is 4. The van der Waals surface area contributed by atoms with E-state index in [1.165, 1.54) is 13.0 Å². The van der Waals surface area contributed by atoms with Gasteiger partial charge in [0.1, 0.15) is 18.5 Å². The molecule has 0 aromatic carbocycles. The number of esters is 3. The van der Waals surface area contributed by atoms with Gasteiger partial charge >= 0.3 is 17.9 Å². The summed E-state index contributed by atoms with van der Waals surface area (Å²) >= 11 is 0. The molecular weight excluding hydrogens is 380 g/mol. The van der Waals surface area contributed by atoms with Crippen LogP contribution in [-0.2, 0) is 33.4 Å². The minimum atomic E-state index is -1.36. The van der Waals surface area contributed by atoms with E-state index >= 15 is 0 Å². The minimum Gasteiger partial charge on any atom is -0.455 e. The number of hydrogen-bond acceptors (Lipinski definition) is 8. The van der Waals surface area contributed by atoms with Crippen molar-refractivity contribution in [2.75, 3.05) is 0 Å². The van der Waals surface area contributed by atoms with Gasteiger partial charge in [0, 0.05) is 23.6 Å². The normalized spacial score (nSPS) is 31.6. The van der Waals surface area contributed by atoms with Gasteiger partial charge in [-0.25, -0.2) is 9.59 Å².